The van der Waals surface area contributed by atoms with E-state index in [4.69, 9.17) is 0 Å². The van der Waals surface area contributed by atoms with Crippen LogP contribution in [0.5, 0.6) is 0 Å². The van der Waals surface area contributed by atoms with Crippen molar-refractivity contribution >= 4 is 21.6 Å². The molecule has 2 rings (SSSR count). The molecule has 0 saturated carbocycles. The normalized spacial score (nSPS) is 17.2. The fourth-order valence-electron chi connectivity index (χ4n) is 3.13. The van der Waals surface area contributed by atoms with Crippen LogP contribution in [0.1, 0.15) is 39.0 Å². The molecule has 1 aliphatic rings. The van der Waals surface area contributed by atoms with Crippen LogP contribution in [-0.2, 0) is 14.8 Å². The monoisotopic (exact) mass is 356 g/mol. The van der Waals surface area contributed by atoms with Crippen molar-refractivity contribution in [3.8, 4) is 0 Å². The lowest BCUT2D eigenvalue weighted by atomic mass is 10.1. The van der Waals surface area contributed by atoms with E-state index in [1.165, 1.54) is 24.3 Å². The minimum atomic E-state index is -3.67. The summed E-state index contributed by atoms with van der Waals surface area (Å²) in [6.07, 6.45) is 5.51. The molecule has 0 unspecified atom stereocenters. The Labute approximate surface area is 143 Å². The Morgan fingerprint density at radius 2 is 1.71 bits per heavy atom. The van der Waals surface area contributed by atoms with E-state index in [1.807, 2.05) is 0 Å². The highest BCUT2D eigenvalue weighted by Crippen LogP contribution is 2.24. The summed E-state index contributed by atoms with van der Waals surface area (Å²) in [5, 5.41) is 0. The summed E-state index contributed by atoms with van der Waals surface area (Å²) in [6, 6.07) is 4.40. The van der Waals surface area contributed by atoms with E-state index in [0.717, 1.165) is 36.2 Å². The van der Waals surface area contributed by atoms with Crippen molar-refractivity contribution in [3.63, 3.8) is 0 Å². The standard InChI is InChI=1S/C17H25FN2O3S/c1-3-16(17(21)19-12-6-4-5-7-13-19)20(24(2,22)23)15-10-8-14(18)9-11-15/h8-11,16H,3-7,12-13H2,1-2H3/t16-/m1/s1. The molecule has 0 spiro atoms. The first kappa shape index (κ1) is 18.7. The molecule has 24 heavy (non-hydrogen) atoms. The van der Waals surface area contributed by atoms with Crippen LogP contribution < -0.4 is 4.31 Å². The van der Waals surface area contributed by atoms with Crippen molar-refractivity contribution in [2.75, 3.05) is 23.7 Å². The second-order valence-corrected chi connectivity index (χ2v) is 8.06. The minimum Gasteiger partial charge on any atom is -0.341 e. The molecule has 0 bridgehead atoms. The number of sulfonamides is 1. The van der Waals surface area contributed by atoms with E-state index in [1.54, 1.807) is 11.8 Å². The van der Waals surface area contributed by atoms with Gasteiger partial charge in [-0.3, -0.25) is 9.10 Å². The number of anilines is 1. The third kappa shape index (κ3) is 4.47. The highest BCUT2D eigenvalue weighted by Gasteiger charge is 2.34. The lowest BCUT2D eigenvalue weighted by Gasteiger charge is -2.33. The molecule has 1 atom stereocenters. The Morgan fingerprint density at radius 1 is 1.17 bits per heavy atom. The highest BCUT2D eigenvalue weighted by atomic mass is 32.2. The lowest BCUT2D eigenvalue weighted by Crippen LogP contribution is -2.51. The maximum atomic E-state index is 13.2. The summed E-state index contributed by atoms with van der Waals surface area (Å²) in [4.78, 5) is 14.7. The van der Waals surface area contributed by atoms with Gasteiger partial charge >= 0.3 is 0 Å². The molecule has 1 fully saturated rings. The van der Waals surface area contributed by atoms with E-state index in [9.17, 15) is 17.6 Å². The average Bonchev–Trinajstić information content (AvgIpc) is 2.81. The quantitative estimate of drug-likeness (QED) is 0.815. The molecule has 1 saturated heterocycles. The molecule has 0 radical (unpaired) electrons. The minimum absolute atomic E-state index is 0.172. The number of hydrogen-bond donors (Lipinski definition) is 0. The zero-order valence-electron chi connectivity index (χ0n) is 14.2. The Kier molecular flexibility index (Phi) is 6.21. The van der Waals surface area contributed by atoms with Crippen molar-refractivity contribution < 1.29 is 17.6 Å². The predicted octanol–water partition coefficient (Wildman–Crippen LogP) is 2.77. The van der Waals surface area contributed by atoms with Crippen LogP contribution in [0, 0.1) is 5.82 Å². The number of likely N-dealkylation sites (tertiary alicyclic amines) is 1. The molecule has 1 aromatic carbocycles. The number of halogens is 1. The molecule has 1 heterocycles. The summed E-state index contributed by atoms with van der Waals surface area (Å²) in [5.74, 6) is -0.617. The number of amides is 1. The van der Waals surface area contributed by atoms with E-state index >= 15 is 0 Å². The van der Waals surface area contributed by atoms with Gasteiger partial charge in [-0.2, -0.15) is 0 Å². The average molecular weight is 356 g/mol. The van der Waals surface area contributed by atoms with E-state index in [0.29, 0.717) is 25.2 Å². The van der Waals surface area contributed by atoms with Gasteiger partial charge in [0.1, 0.15) is 11.9 Å². The van der Waals surface area contributed by atoms with Crippen molar-refractivity contribution in [3.05, 3.63) is 30.1 Å². The molecule has 0 aliphatic carbocycles. The molecule has 5 nitrogen and oxygen atoms in total. The second kappa shape index (κ2) is 7.96. The van der Waals surface area contributed by atoms with Crippen LogP contribution >= 0.6 is 0 Å². The fourth-order valence-corrected chi connectivity index (χ4v) is 4.34. The molecular weight excluding hydrogens is 331 g/mol. The van der Waals surface area contributed by atoms with Gasteiger partial charge in [0.25, 0.3) is 0 Å². The summed E-state index contributed by atoms with van der Waals surface area (Å²) in [5.41, 5.74) is 0.314. The van der Waals surface area contributed by atoms with Crippen LogP contribution in [0.15, 0.2) is 24.3 Å². The van der Waals surface area contributed by atoms with E-state index in [2.05, 4.69) is 0 Å². The Balaban J connectivity index is 2.34. The number of benzene rings is 1. The van der Waals surface area contributed by atoms with Gasteiger partial charge in [-0.25, -0.2) is 12.8 Å². The van der Waals surface area contributed by atoms with E-state index in [-0.39, 0.29) is 5.91 Å². The summed E-state index contributed by atoms with van der Waals surface area (Å²) in [7, 11) is -3.67. The van der Waals surface area contributed by atoms with Gasteiger partial charge < -0.3 is 4.90 Å². The smallest absolute Gasteiger partial charge is 0.246 e. The number of carbonyl (C=O) groups is 1. The number of carbonyl (C=O) groups excluding carboxylic acids is 1. The highest BCUT2D eigenvalue weighted by molar-refractivity contribution is 7.92. The van der Waals surface area contributed by atoms with Crippen molar-refractivity contribution in [1.82, 2.24) is 4.90 Å². The third-order valence-corrected chi connectivity index (χ3v) is 5.49. The topological polar surface area (TPSA) is 57.7 Å². The Bertz CT molecular complexity index is 653. The number of nitrogens with zero attached hydrogens (tertiary/aromatic N) is 2. The van der Waals surface area contributed by atoms with Gasteiger partial charge in [0.15, 0.2) is 0 Å². The van der Waals surface area contributed by atoms with Crippen LogP contribution in [-0.4, -0.2) is 44.6 Å². The number of hydrogen-bond acceptors (Lipinski definition) is 3. The molecule has 1 amide bonds. The summed E-state index contributed by atoms with van der Waals surface area (Å²) >= 11 is 0. The molecule has 1 aromatic rings. The van der Waals surface area contributed by atoms with Gasteiger partial charge in [-0.1, -0.05) is 19.8 Å². The second-order valence-electron chi connectivity index (χ2n) is 6.20. The fraction of sp³-hybridized carbons (Fsp3) is 0.588. The van der Waals surface area contributed by atoms with Gasteiger partial charge in [0.2, 0.25) is 15.9 Å². The van der Waals surface area contributed by atoms with Crippen LogP contribution in [0.25, 0.3) is 0 Å². The zero-order valence-corrected chi connectivity index (χ0v) is 15.1. The maximum Gasteiger partial charge on any atom is 0.246 e. The van der Waals surface area contributed by atoms with Gasteiger partial charge in [0.05, 0.1) is 11.9 Å². The molecule has 1 aliphatic heterocycles. The van der Waals surface area contributed by atoms with Crippen LogP contribution in [0.4, 0.5) is 10.1 Å². The molecule has 7 heteroatoms. The summed E-state index contributed by atoms with van der Waals surface area (Å²) < 4.78 is 39.0. The summed E-state index contributed by atoms with van der Waals surface area (Å²) in [6.45, 7) is 3.12. The first-order chi connectivity index (χ1) is 11.3. The van der Waals surface area contributed by atoms with Crippen LogP contribution in [0.2, 0.25) is 0 Å². The van der Waals surface area contributed by atoms with Crippen molar-refractivity contribution in [1.29, 1.82) is 0 Å². The van der Waals surface area contributed by atoms with Gasteiger partial charge in [0, 0.05) is 13.1 Å². The molecule has 0 N–H and O–H groups in total. The Morgan fingerprint density at radius 3 is 2.17 bits per heavy atom. The van der Waals surface area contributed by atoms with Crippen molar-refractivity contribution in [2.24, 2.45) is 0 Å². The molecule has 0 aromatic heterocycles. The largest absolute Gasteiger partial charge is 0.341 e. The molecule has 134 valence electrons. The lowest BCUT2D eigenvalue weighted by molar-refractivity contribution is -0.132. The molecular formula is C17H25FN2O3S. The SMILES string of the molecule is CC[C@H](C(=O)N1CCCCCC1)N(c1ccc(F)cc1)S(C)(=O)=O. The van der Waals surface area contributed by atoms with Crippen LogP contribution in [0.3, 0.4) is 0 Å². The first-order valence-corrected chi connectivity index (χ1v) is 10.2. The third-order valence-electron chi connectivity index (χ3n) is 4.31. The maximum absolute atomic E-state index is 13.2. The van der Waals surface area contributed by atoms with Gasteiger partial charge in [-0.15, -0.1) is 0 Å². The van der Waals surface area contributed by atoms with E-state index < -0.39 is 21.9 Å². The first-order valence-electron chi connectivity index (χ1n) is 8.38. The number of rotatable bonds is 5. The van der Waals surface area contributed by atoms with Gasteiger partial charge in [-0.05, 0) is 43.5 Å². The zero-order chi connectivity index (χ0) is 17.7. The predicted molar refractivity (Wildman–Crippen MR) is 92.8 cm³/mol. The van der Waals surface area contributed by atoms with Crippen molar-refractivity contribution in [2.45, 2.75) is 45.1 Å². The Hall–Kier alpha value is -1.63.